The highest BCUT2D eigenvalue weighted by Gasteiger charge is 2.17. The highest BCUT2D eigenvalue weighted by atomic mass is 16.5. The number of carbonyl (C=O) groups is 1. The predicted molar refractivity (Wildman–Crippen MR) is 75.1 cm³/mol. The van der Waals surface area contributed by atoms with Gasteiger partial charge in [0.2, 0.25) is 5.91 Å². The van der Waals surface area contributed by atoms with Crippen LogP contribution < -0.4 is 10.5 Å². The zero-order valence-corrected chi connectivity index (χ0v) is 11.7. The summed E-state index contributed by atoms with van der Waals surface area (Å²) >= 11 is 0. The number of fused-ring (bicyclic) bond motifs is 1. The Balaban J connectivity index is 1.93. The smallest absolute Gasteiger partial charge is 0.225 e. The van der Waals surface area contributed by atoms with Crippen molar-refractivity contribution in [3.8, 4) is 5.75 Å². The summed E-state index contributed by atoms with van der Waals surface area (Å²) in [5.41, 5.74) is 8.60. The Hall–Kier alpha value is -1.55. The maximum atomic E-state index is 11.4. The SMILES string of the molecule is CN(C)C(=O)CCOc1ccc2c(c1)CCCC2N. The van der Waals surface area contributed by atoms with E-state index in [1.165, 1.54) is 11.1 Å². The summed E-state index contributed by atoms with van der Waals surface area (Å²) in [7, 11) is 3.51. The first-order valence-corrected chi connectivity index (χ1v) is 6.79. The third-order valence-corrected chi connectivity index (χ3v) is 3.56. The van der Waals surface area contributed by atoms with Gasteiger partial charge in [-0.3, -0.25) is 4.79 Å². The van der Waals surface area contributed by atoms with Crippen LogP contribution >= 0.6 is 0 Å². The molecule has 0 aliphatic heterocycles. The van der Waals surface area contributed by atoms with Gasteiger partial charge in [0.05, 0.1) is 13.0 Å². The Morgan fingerprint density at radius 2 is 2.26 bits per heavy atom. The van der Waals surface area contributed by atoms with Crippen molar-refractivity contribution in [1.82, 2.24) is 4.90 Å². The Morgan fingerprint density at radius 3 is 3.00 bits per heavy atom. The lowest BCUT2D eigenvalue weighted by atomic mass is 9.88. The van der Waals surface area contributed by atoms with Gasteiger partial charge >= 0.3 is 0 Å². The molecule has 4 heteroatoms. The summed E-state index contributed by atoms with van der Waals surface area (Å²) in [6, 6.07) is 6.23. The van der Waals surface area contributed by atoms with Crippen molar-refractivity contribution in [1.29, 1.82) is 0 Å². The first kappa shape index (κ1) is 13.9. The van der Waals surface area contributed by atoms with Crippen LogP contribution in [-0.4, -0.2) is 31.5 Å². The topological polar surface area (TPSA) is 55.6 Å². The molecule has 0 saturated carbocycles. The molecule has 1 aromatic rings. The number of carbonyl (C=O) groups excluding carboxylic acids is 1. The molecular formula is C15H22N2O2. The first-order valence-electron chi connectivity index (χ1n) is 6.79. The predicted octanol–water partition coefficient (Wildman–Crippen LogP) is 1.88. The van der Waals surface area contributed by atoms with Crippen LogP contribution in [0, 0.1) is 0 Å². The number of hydrogen-bond acceptors (Lipinski definition) is 3. The molecule has 0 heterocycles. The molecule has 1 amide bonds. The van der Waals surface area contributed by atoms with Gasteiger partial charge in [-0.2, -0.15) is 0 Å². The van der Waals surface area contributed by atoms with Crippen molar-refractivity contribution in [3.63, 3.8) is 0 Å². The molecule has 104 valence electrons. The summed E-state index contributed by atoms with van der Waals surface area (Å²) in [5.74, 6) is 0.916. The fourth-order valence-electron chi connectivity index (χ4n) is 2.40. The molecule has 1 aliphatic carbocycles. The molecule has 2 rings (SSSR count). The molecule has 0 aromatic heterocycles. The molecular weight excluding hydrogens is 240 g/mol. The molecule has 0 radical (unpaired) electrons. The van der Waals surface area contributed by atoms with Crippen LogP contribution in [0.25, 0.3) is 0 Å². The summed E-state index contributed by atoms with van der Waals surface area (Å²) in [4.78, 5) is 13.0. The normalized spacial score (nSPS) is 17.7. The first-order chi connectivity index (χ1) is 9.08. The molecule has 0 fully saturated rings. The minimum absolute atomic E-state index is 0.0833. The molecule has 1 atom stereocenters. The fourth-order valence-corrected chi connectivity index (χ4v) is 2.40. The van der Waals surface area contributed by atoms with E-state index in [1.54, 1.807) is 19.0 Å². The maximum absolute atomic E-state index is 11.4. The lowest BCUT2D eigenvalue weighted by Gasteiger charge is -2.22. The molecule has 1 aliphatic rings. The zero-order valence-electron chi connectivity index (χ0n) is 11.7. The highest BCUT2D eigenvalue weighted by molar-refractivity contribution is 5.75. The van der Waals surface area contributed by atoms with Crippen molar-refractivity contribution < 1.29 is 9.53 Å². The molecule has 19 heavy (non-hydrogen) atoms. The van der Waals surface area contributed by atoms with E-state index in [-0.39, 0.29) is 11.9 Å². The van der Waals surface area contributed by atoms with Gasteiger partial charge in [-0.25, -0.2) is 0 Å². The van der Waals surface area contributed by atoms with E-state index in [2.05, 4.69) is 12.1 Å². The number of nitrogens with zero attached hydrogens (tertiary/aromatic N) is 1. The molecule has 0 spiro atoms. The second-order valence-electron chi connectivity index (χ2n) is 5.25. The second-order valence-corrected chi connectivity index (χ2v) is 5.25. The third kappa shape index (κ3) is 3.47. The minimum Gasteiger partial charge on any atom is -0.493 e. The zero-order chi connectivity index (χ0) is 13.8. The Labute approximate surface area is 114 Å². The number of hydrogen-bond donors (Lipinski definition) is 1. The molecule has 1 aromatic carbocycles. The Bertz CT molecular complexity index is 457. The minimum atomic E-state index is 0.0833. The average molecular weight is 262 g/mol. The number of amides is 1. The molecule has 0 bridgehead atoms. The fraction of sp³-hybridized carbons (Fsp3) is 0.533. The van der Waals surface area contributed by atoms with Crippen molar-refractivity contribution in [2.45, 2.75) is 31.7 Å². The van der Waals surface area contributed by atoms with Crippen LogP contribution in [0.1, 0.15) is 36.4 Å². The van der Waals surface area contributed by atoms with Gasteiger partial charge in [0.1, 0.15) is 5.75 Å². The number of benzene rings is 1. The molecule has 0 saturated heterocycles. The number of aryl methyl sites for hydroxylation is 1. The van der Waals surface area contributed by atoms with E-state index in [0.717, 1.165) is 25.0 Å². The van der Waals surface area contributed by atoms with Crippen molar-refractivity contribution in [2.24, 2.45) is 5.73 Å². The molecule has 1 unspecified atom stereocenters. The molecule has 4 nitrogen and oxygen atoms in total. The van der Waals surface area contributed by atoms with Gasteiger partial charge in [0.15, 0.2) is 0 Å². The average Bonchev–Trinajstić information content (AvgIpc) is 2.38. The van der Waals surface area contributed by atoms with Crippen LogP contribution in [0.2, 0.25) is 0 Å². The van der Waals surface area contributed by atoms with E-state index >= 15 is 0 Å². The van der Waals surface area contributed by atoms with Crippen LogP contribution in [0.3, 0.4) is 0 Å². The van der Waals surface area contributed by atoms with Crippen molar-refractivity contribution >= 4 is 5.91 Å². The van der Waals surface area contributed by atoms with Gasteiger partial charge in [0.25, 0.3) is 0 Å². The lowest BCUT2D eigenvalue weighted by Crippen LogP contribution is -2.23. The third-order valence-electron chi connectivity index (χ3n) is 3.56. The van der Waals surface area contributed by atoms with Crippen LogP contribution in [-0.2, 0) is 11.2 Å². The van der Waals surface area contributed by atoms with Gasteiger partial charge < -0.3 is 15.4 Å². The summed E-state index contributed by atoms with van der Waals surface area (Å²) in [6.45, 7) is 0.419. The van der Waals surface area contributed by atoms with E-state index in [9.17, 15) is 4.79 Å². The van der Waals surface area contributed by atoms with E-state index < -0.39 is 0 Å². The number of nitrogens with two attached hydrogens (primary N) is 1. The van der Waals surface area contributed by atoms with Crippen molar-refractivity contribution in [3.05, 3.63) is 29.3 Å². The Morgan fingerprint density at radius 1 is 1.47 bits per heavy atom. The van der Waals surface area contributed by atoms with Gasteiger partial charge in [-0.05, 0) is 42.5 Å². The number of ether oxygens (including phenoxy) is 1. The van der Waals surface area contributed by atoms with Gasteiger partial charge in [-0.1, -0.05) is 6.07 Å². The highest BCUT2D eigenvalue weighted by Crippen LogP contribution is 2.30. The van der Waals surface area contributed by atoms with Crippen molar-refractivity contribution in [2.75, 3.05) is 20.7 Å². The largest absolute Gasteiger partial charge is 0.493 e. The van der Waals surface area contributed by atoms with E-state index in [1.807, 2.05) is 6.07 Å². The summed E-state index contributed by atoms with van der Waals surface area (Å²) < 4.78 is 5.64. The summed E-state index contributed by atoms with van der Waals surface area (Å²) in [6.07, 6.45) is 3.67. The number of rotatable bonds is 4. The second kappa shape index (κ2) is 6.06. The standard InChI is InChI=1S/C15H22N2O2/c1-17(2)15(18)8-9-19-12-6-7-13-11(10-12)4-3-5-14(13)16/h6-7,10,14H,3-5,8-9,16H2,1-2H3. The van der Waals surface area contributed by atoms with Crippen LogP contribution in [0.5, 0.6) is 5.75 Å². The van der Waals surface area contributed by atoms with Gasteiger partial charge in [0, 0.05) is 20.1 Å². The maximum Gasteiger partial charge on any atom is 0.225 e. The monoisotopic (exact) mass is 262 g/mol. The van der Waals surface area contributed by atoms with Gasteiger partial charge in [-0.15, -0.1) is 0 Å². The van der Waals surface area contributed by atoms with E-state index in [0.29, 0.717) is 13.0 Å². The lowest BCUT2D eigenvalue weighted by molar-refractivity contribution is -0.129. The Kier molecular flexibility index (Phi) is 4.43. The summed E-state index contributed by atoms with van der Waals surface area (Å²) in [5, 5.41) is 0. The quantitative estimate of drug-likeness (QED) is 0.901. The van der Waals surface area contributed by atoms with E-state index in [4.69, 9.17) is 10.5 Å². The van der Waals surface area contributed by atoms with Crippen LogP contribution in [0.15, 0.2) is 18.2 Å². The van der Waals surface area contributed by atoms with Crippen LogP contribution in [0.4, 0.5) is 0 Å². The molecule has 2 N–H and O–H groups in total.